The van der Waals surface area contributed by atoms with Crippen molar-refractivity contribution in [3.63, 3.8) is 0 Å². The number of nitrogens with one attached hydrogen (secondary N) is 1. The zero-order valence-electron chi connectivity index (χ0n) is 15.1. The van der Waals surface area contributed by atoms with Crippen LogP contribution in [0.25, 0.3) is 20.7 Å². The van der Waals surface area contributed by atoms with E-state index in [0.29, 0.717) is 15.8 Å². The summed E-state index contributed by atoms with van der Waals surface area (Å²) in [6.07, 6.45) is 2.70. The Morgan fingerprint density at radius 3 is 2.72 bits per heavy atom. The van der Waals surface area contributed by atoms with Gasteiger partial charge in [-0.1, -0.05) is 42.5 Å². The lowest BCUT2D eigenvalue weighted by atomic mass is 10.2. The average Bonchev–Trinajstić information content (AvgIpc) is 3.17. The number of amides is 1. The molecule has 0 spiro atoms. The molecule has 2 heterocycles. The Balaban J connectivity index is 1.51. The van der Waals surface area contributed by atoms with Gasteiger partial charge in [0.05, 0.1) is 17.9 Å². The van der Waals surface area contributed by atoms with Crippen LogP contribution < -0.4 is 11.0 Å². The number of hydrogen-bond acceptors (Lipinski definition) is 6. The molecule has 0 unspecified atom stereocenters. The van der Waals surface area contributed by atoms with Gasteiger partial charge in [-0.25, -0.2) is 10.4 Å². The Hall–Kier alpha value is -3.78. The van der Waals surface area contributed by atoms with Crippen molar-refractivity contribution in [2.45, 2.75) is 6.54 Å². The highest BCUT2D eigenvalue weighted by Crippen LogP contribution is 2.30. The molecular weight excluding hydrogens is 388 g/mol. The van der Waals surface area contributed by atoms with Gasteiger partial charge in [-0.15, -0.1) is 11.3 Å². The molecule has 2 aromatic heterocycles. The maximum atomic E-state index is 12.7. The van der Waals surface area contributed by atoms with Gasteiger partial charge in [0.25, 0.3) is 11.5 Å². The summed E-state index contributed by atoms with van der Waals surface area (Å²) in [4.78, 5) is 30.7. The first-order valence-corrected chi connectivity index (χ1v) is 9.58. The van der Waals surface area contributed by atoms with Gasteiger partial charge < -0.3 is 5.11 Å². The number of para-hydroxylation sites is 1. The van der Waals surface area contributed by atoms with E-state index in [4.69, 9.17) is 0 Å². The molecule has 0 saturated carbocycles. The molecule has 0 bridgehead atoms. The molecule has 0 atom stereocenters. The van der Waals surface area contributed by atoms with E-state index < -0.39 is 5.91 Å². The van der Waals surface area contributed by atoms with Gasteiger partial charge in [0, 0.05) is 10.4 Å². The molecule has 0 radical (unpaired) electrons. The van der Waals surface area contributed by atoms with E-state index in [9.17, 15) is 14.7 Å². The van der Waals surface area contributed by atoms with Crippen LogP contribution in [0.15, 0.2) is 76.9 Å². The number of benzene rings is 2. The Bertz CT molecular complexity index is 1260. The summed E-state index contributed by atoms with van der Waals surface area (Å²) in [6.45, 7) is -0.212. The average molecular weight is 404 g/mol. The molecule has 2 aromatic carbocycles. The van der Waals surface area contributed by atoms with Crippen LogP contribution in [0.1, 0.15) is 5.56 Å². The second-order valence-corrected chi connectivity index (χ2v) is 7.26. The van der Waals surface area contributed by atoms with E-state index in [0.717, 1.165) is 10.4 Å². The van der Waals surface area contributed by atoms with E-state index >= 15 is 0 Å². The number of hydrogen-bond donors (Lipinski definition) is 2. The van der Waals surface area contributed by atoms with E-state index in [1.165, 1.54) is 34.5 Å². The SMILES string of the molecule is O=C(Cn1cnc2sc(-c3ccccc3)cc2c1=O)N/N=C/c1ccccc1O. The predicted octanol–water partition coefficient (Wildman–Crippen LogP) is 2.98. The molecule has 0 aliphatic rings. The minimum absolute atomic E-state index is 0.0584. The highest BCUT2D eigenvalue weighted by atomic mass is 32.1. The van der Waals surface area contributed by atoms with Crippen LogP contribution in [0.5, 0.6) is 5.75 Å². The summed E-state index contributed by atoms with van der Waals surface area (Å²) in [5.74, 6) is -0.415. The summed E-state index contributed by atoms with van der Waals surface area (Å²) < 4.78 is 1.24. The molecule has 0 aliphatic carbocycles. The van der Waals surface area contributed by atoms with Crippen LogP contribution in [0, 0.1) is 0 Å². The summed E-state index contributed by atoms with van der Waals surface area (Å²) in [6, 6.07) is 18.2. The molecule has 0 aliphatic heterocycles. The Morgan fingerprint density at radius 2 is 1.93 bits per heavy atom. The van der Waals surface area contributed by atoms with Crippen molar-refractivity contribution in [2.75, 3.05) is 0 Å². The third-order valence-electron chi connectivity index (χ3n) is 4.22. The van der Waals surface area contributed by atoms with E-state index in [1.807, 2.05) is 30.3 Å². The smallest absolute Gasteiger partial charge is 0.262 e. The van der Waals surface area contributed by atoms with Crippen molar-refractivity contribution < 1.29 is 9.90 Å². The van der Waals surface area contributed by atoms with Crippen molar-refractivity contribution >= 4 is 33.7 Å². The molecule has 1 amide bonds. The van der Waals surface area contributed by atoms with Gasteiger partial charge in [-0.3, -0.25) is 14.2 Å². The molecule has 29 heavy (non-hydrogen) atoms. The van der Waals surface area contributed by atoms with Gasteiger partial charge >= 0.3 is 0 Å². The Kier molecular flexibility index (Phi) is 5.17. The second-order valence-electron chi connectivity index (χ2n) is 6.23. The third kappa shape index (κ3) is 4.07. The van der Waals surface area contributed by atoms with Gasteiger partial charge in [0.1, 0.15) is 17.1 Å². The van der Waals surface area contributed by atoms with Crippen LogP contribution in [0.3, 0.4) is 0 Å². The minimum atomic E-state index is -0.474. The maximum Gasteiger partial charge on any atom is 0.262 e. The zero-order chi connectivity index (χ0) is 20.2. The molecule has 2 N–H and O–H groups in total. The first-order chi connectivity index (χ1) is 14.1. The van der Waals surface area contributed by atoms with Gasteiger partial charge in [0.2, 0.25) is 0 Å². The van der Waals surface area contributed by atoms with Gasteiger partial charge in [0.15, 0.2) is 0 Å². The van der Waals surface area contributed by atoms with E-state index in [2.05, 4.69) is 15.5 Å². The normalized spacial score (nSPS) is 11.2. The van der Waals surface area contributed by atoms with Crippen molar-refractivity contribution in [2.24, 2.45) is 5.10 Å². The van der Waals surface area contributed by atoms with Crippen LogP contribution >= 0.6 is 11.3 Å². The van der Waals surface area contributed by atoms with Crippen molar-refractivity contribution in [1.82, 2.24) is 15.0 Å². The minimum Gasteiger partial charge on any atom is -0.507 e. The fourth-order valence-corrected chi connectivity index (χ4v) is 3.77. The standard InChI is InChI=1S/C21H16N4O3S/c26-17-9-5-4-8-15(17)11-23-24-19(27)12-25-13-22-20-16(21(25)28)10-18(29-20)14-6-2-1-3-7-14/h1-11,13,26H,12H2,(H,24,27)/b23-11+. The Labute approximate surface area is 169 Å². The zero-order valence-corrected chi connectivity index (χ0v) is 16.0. The van der Waals surface area contributed by atoms with Gasteiger partial charge in [-0.2, -0.15) is 5.10 Å². The van der Waals surface area contributed by atoms with Gasteiger partial charge in [-0.05, 0) is 23.8 Å². The Morgan fingerprint density at radius 1 is 1.17 bits per heavy atom. The summed E-state index contributed by atoms with van der Waals surface area (Å²) in [7, 11) is 0. The largest absolute Gasteiger partial charge is 0.507 e. The molecule has 0 saturated heterocycles. The first kappa shape index (κ1) is 18.6. The van der Waals surface area contributed by atoms with Crippen LogP contribution in [0.4, 0.5) is 0 Å². The number of aromatic hydroxyl groups is 1. The quantitative estimate of drug-likeness (QED) is 0.395. The monoisotopic (exact) mass is 404 g/mol. The number of thiophene rings is 1. The summed E-state index contributed by atoms with van der Waals surface area (Å²) in [5, 5.41) is 14.0. The number of aromatic nitrogens is 2. The summed E-state index contributed by atoms with van der Waals surface area (Å²) in [5.41, 5.74) is 3.55. The van der Waals surface area contributed by atoms with Crippen LogP contribution in [0.2, 0.25) is 0 Å². The predicted molar refractivity (Wildman–Crippen MR) is 113 cm³/mol. The highest BCUT2D eigenvalue weighted by molar-refractivity contribution is 7.21. The molecule has 144 valence electrons. The molecule has 8 heteroatoms. The van der Waals surface area contributed by atoms with E-state index in [1.54, 1.807) is 24.3 Å². The maximum absolute atomic E-state index is 12.7. The molecule has 4 rings (SSSR count). The molecule has 0 fully saturated rings. The van der Waals surface area contributed by atoms with Crippen molar-refractivity contribution in [1.29, 1.82) is 0 Å². The number of phenolic OH excluding ortho intramolecular Hbond substituents is 1. The third-order valence-corrected chi connectivity index (χ3v) is 5.31. The number of rotatable bonds is 5. The lowest BCUT2D eigenvalue weighted by molar-refractivity contribution is -0.121. The number of nitrogens with zero attached hydrogens (tertiary/aromatic N) is 3. The highest BCUT2D eigenvalue weighted by Gasteiger charge is 2.12. The van der Waals surface area contributed by atoms with Crippen LogP contribution in [-0.2, 0) is 11.3 Å². The summed E-state index contributed by atoms with van der Waals surface area (Å²) >= 11 is 1.43. The van der Waals surface area contributed by atoms with Crippen molar-refractivity contribution in [3.8, 4) is 16.2 Å². The second kappa shape index (κ2) is 8.07. The lowest BCUT2D eigenvalue weighted by Crippen LogP contribution is -2.29. The number of carbonyl (C=O) groups excluding carboxylic acids is 1. The van der Waals surface area contributed by atoms with Crippen LogP contribution in [-0.4, -0.2) is 26.8 Å². The lowest BCUT2D eigenvalue weighted by Gasteiger charge is -2.03. The topological polar surface area (TPSA) is 96.6 Å². The number of phenols is 1. The number of hydrazone groups is 1. The van der Waals surface area contributed by atoms with Crippen molar-refractivity contribution in [3.05, 3.63) is 82.9 Å². The van der Waals surface area contributed by atoms with E-state index in [-0.39, 0.29) is 17.9 Å². The number of fused-ring (bicyclic) bond motifs is 1. The molecule has 4 aromatic rings. The molecular formula is C21H16N4O3S. The number of carbonyl (C=O) groups is 1. The fourth-order valence-electron chi connectivity index (χ4n) is 2.78. The molecule has 7 nitrogen and oxygen atoms in total. The first-order valence-electron chi connectivity index (χ1n) is 8.76. The fraction of sp³-hybridized carbons (Fsp3) is 0.0476.